The van der Waals surface area contributed by atoms with E-state index in [2.05, 4.69) is 5.32 Å². The minimum atomic E-state index is -1.28. The summed E-state index contributed by atoms with van der Waals surface area (Å²) in [6, 6.07) is 25.7. The molecule has 0 saturated heterocycles. The van der Waals surface area contributed by atoms with Crippen molar-refractivity contribution in [3.8, 4) is 5.75 Å². The second-order valence-corrected chi connectivity index (χ2v) is 7.77. The Bertz CT molecular complexity index is 1280. The van der Waals surface area contributed by atoms with E-state index in [1.165, 1.54) is 0 Å². The standard InChI is InChI=1S/C27H20ClF2NO3/c28-21-13-7-8-14-22(21)31-26-20(27(32)34-17-19-11-5-2-6-12-19)15-23(24(29)25(26)30)33-16-18-9-3-1-4-10-18/h1-15,31H,16-17H2. The fourth-order valence-electron chi connectivity index (χ4n) is 3.22. The van der Waals surface area contributed by atoms with Gasteiger partial charge in [-0.05, 0) is 23.3 Å². The van der Waals surface area contributed by atoms with Gasteiger partial charge in [0.05, 0.1) is 22.0 Å². The van der Waals surface area contributed by atoms with Crippen LogP contribution in [-0.4, -0.2) is 5.97 Å². The van der Waals surface area contributed by atoms with E-state index < -0.39 is 29.0 Å². The maximum Gasteiger partial charge on any atom is 0.340 e. The number of rotatable bonds is 8. The van der Waals surface area contributed by atoms with Crippen LogP contribution in [0.2, 0.25) is 5.02 Å². The molecule has 1 N–H and O–H groups in total. The van der Waals surface area contributed by atoms with Crippen LogP contribution in [-0.2, 0) is 18.0 Å². The first-order valence-corrected chi connectivity index (χ1v) is 10.8. The maximum absolute atomic E-state index is 15.2. The van der Waals surface area contributed by atoms with Gasteiger partial charge in [-0.15, -0.1) is 0 Å². The Hall–Kier alpha value is -3.90. The predicted molar refractivity (Wildman–Crippen MR) is 127 cm³/mol. The van der Waals surface area contributed by atoms with Crippen LogP contribution in [0.3, 0.4) is 0 Å². The summed E-state index contributed by atoms with van der Waals surface area (Å²) in [4.78, 5) is 13.0. The van der Waals surface area contributed by atoms with E-state index in [1.54, 1.807) is 72.8 Å². The number of hydrogen-bond donors (Lipinski definition) is 1. The highest BCUT2D eigenvalue weighted by Crippen LogP contribution is 2.35. The Morgan fingerprint density at radius 1 is 0.794 bits per heavy atom. The SMILES string of the molecule is O=C(OCc1ccccc1)c1cc(OCc2ccccc2)c(F)c(F)c1Nc1ccccc1Cl. The highest BCUT2D eigenvalue weighted by Gasteiger charge is 2.25. The van der Waals surface area contributed by atoms with Crippen LogP contribution in [0.4, 0.5) is 20.2 Å². The van der Waals surface area contributed by atoms with E-state index in [-0.39, 0.29) is 23.8 Å². The molecule has 0 fully saturated rings. The van der Waals surface area contributed by atoms with Crippen molar-refractivity contribution in [2.45, 2.75) is 13.2 Å². The molecule has 172 valence electrons. The summed E-state index contributed by atoms with van der Waals surface area (Å²) < 4.78 is 41.0. The molecular formula is C27H20ClF2NO3. The van der Waals surface area contributed by atoms with Crippen LogP contribution in [0.1, 0.15) is 21.5 Å². The highest BCUT2D eigenvalue weighted by atomic mass is 35.5. The van der Waals surface area contributed by atoms with Crippen molar-refractivity contribution in [1.29, 1.82) is 0 Å². The lowest BCUT2D eigenvalue weighted by Crippen LogP contribution is -2.12. The van der Waals surface area contributed by atoms with Gasteiger partial charge in [0.15, 0.2) is 11.6 Å². The van der Waals surface area contributed by atoms with Gasteiger partial charge in [-0.2, -0.15) is 4.39 Å². The molecule has 0 aliphatic rings. The Balaban J connectivity index is 1.67. The number of para-hydroxylation sites is 1. The van der Waals surface area contributed by atoms with Crippen LogP contribution in [0, 0.1) is 11.6 Å². The largest absolute Gasteiger partial charge is 0.486 e. The van der Waals surface area contributed by atoms with E-state index in [9.17, 15) is 9.18 Å². The van der Waals surface area contributed by atoms with E-state index >= 15 is 4.39 Å². The molecule has 0 atom stereocenters. The Morgan fingerprint density at radius 3 is 2.03 bits per heavy atom. The summed E-state index contributed by atoms with van der Waals surface area (Å²) in [5.41, 5.74) is 1.19. The minimum absolute atomic E-state index is 0.00695. The van der Waals surface area contributed by atoms with Crippen molar-refractivity contribution in [3.63, 3.8) is 0 Å². The second-order valence-electron chi connectivity index (χ2n) is 7.37. The van der Waals surface area contributed by atoms with Crippen LogP contribution in [0.25, 0.3) is 0 Å². The minimum Gasteiger partial charge on any atom is -0.486 e. The van der Waals surface area contributed by atoms with Crippen molar-refractivity contribution >= 4 is 28.9 Å². The molecule has 4 nitrogen and oxygen atoms in total. The molecule has 4 rings (SSSR count). The van der Waals surface area contributed by atoms with Gasteiger partial charge in [0, 0.05) is 6.07 Å². The first kappa shape index (κ1) is 23.3. The average Bonchev–Trinajstić information content (AvgIpc) is 2.87. The lowest BCUT2D eigenvalue weighted by atomic mass is 10.1. The van der Waals surface area contributed by atoms with Gasteiger partial charge in [0.25, 0.3) is 0 Å². The van der Waals surface area contributed by atoms with Crippen molar-refractivity contribution < 1.29 is 23.0 Å². The smallest absolute Gasteiger partial charge is 0.340 e. The normalized spacial score (nSPS) is 10.6. The summed E-state index contributed by atoms with van der Waals surface area (Å²) in [6.45, 7) is -0.0442. The quantitative estimate of drug-likeness (QED) is 0.269. The molecule has 0 radical (unpaired) electrons. The van der Waals surface area contributed by atoms with Crippen molar-refractivity contribution in [2.75, 3.05) is 5.32 Å². The van der Waals surface area contributed by atoms with Crippen LogP contribution < -0.4 is 10.1 Å². The average molecular weight is 480 g/mol. The number of anilines is 2. The van der Waals surface area contributed by atoms with Gasteiger partial charge in [0.1, 0.15) is 13.2 Å². The zero-order valence-corrected chi connectivity index (χ0v) is 18.7. The lowest BCUT2D eigenvalue weighted by Gasteiger charge is -2.17. The molecular weight excluding hydrogens is 460 g/mol. The van der Waals surface area contributed by atoms with Gasteiger partial charge in [0.2, 0.25) is 5.82 Å². The molecule has 4 aromatic carbocycles. The van der Waals surface area contributed by atoms with Crippen molar-refractivity contribution in [3.05, 3.63) is 124 Å². The molecule has 0 aliphatic carbocycles. The number of nitrogens with one attached hydrogen (secondary N) is 1. The third-order valence-electron chi connectivity index (χ3n) is 4.98. The molecule has 0 spiro atoms. The number of carbonyl (C=O) groups excluding carboxylic acids is 1. The highest BCUT2D eigenvalue weighted by molar-refractivity contribution is 6.33. The molecule has 0 unspecified atom stereocenters. The summed E-state index contributed by atoms with van der Waals surface area (Å²) in [6.07, 6.45) is 0. The van der Waals surface area contributed by atoms with Gasteiger partial charge in [-0.1, -0.05) is 84.4 Å². The molecule has 34 heavy (non-hydrogen) atoms. The van der Waals surface area contributed by atoms with E-state index in [1.807, 2.05) is 12.1 Å². The number of benzene rings is 4. The fraction of sp³-hybridized carbons (Fsp3) is 0.0741. The summed E-state index contributed by atoms with van der Waals surface area (Å²) in [5, 5.41) is 3.00. The Kier molecular flexibility index (Phi) is 7.40. The molecule has 0 amide bonds. The van der Waals surface area contributed by atoms with Gasteiger partial charge >= 0.3 is 5.97 Å². The molecule has 0 saturated carbocycles. The van der Waals surface area contributed by atoms with Gasteiger partial charge in [-0.25, -0.2) is 9.18 Å². The molecule has 0 heterocycles. The first-order chi connectivity index (χ1) is 16.5. The van der Waals surface area contributed by atoms with Crippen molar-refractivity contribution in [2.24, 2.45) is 0 Å². The van der Waals surface area contributed by atoms with Crippen LogP contribution in [0.15, 0.2) is 91.0 Å². The number of ether oxygens (including phenoxy) is 2. The number of esters is 1. The molecule has 0 aromatic heterocycles. The first-order valence-electron chi connectivity index (χ1n) is 10.4. The molecule has 0 bridgehead atoms. The topological polar surface area (TPSA) is 47.6 Å². The zero-order valence-electron chi connectivity index (χ0n) is 17.9. The van der Waals surface area contributed by atoms with Crippen molar-refractivity contribution in [1.82, 2.24) is 0 Å². The Labute approximate surface area is 200 Å². The maximum atomic E-state index is 15.2. The molecule has 4 aromatic rings. The number of carbonyl (C=O) groups is 1. The number of hydrogen-bond acceptors (Lipinski definition) is 4. The van der Waals surface area contributed by atoms with Gasteiger partial charge < -0.3 is 14.8 Å². The summed E-state index contributed by atoms with van der Waals surface area (Å²) in [5.74, 6) is -3.76. The second kappa shape index (κ2) is 10.8. The Morgan fingerprint density at radius 2 is 1.38 bits per heavy atom. The lowest BCUT2D eigenvalue weighted by molar-refractivity contribution is 0.0472. The van der Waals surface area contributed by atoms with Crippen LogP contribution in [0.5, 0.6) is 5.75 Å². The summed E-state index contributed by atoms with van der Waals surface area (Å²) >= 11 is 6.17. The van der Waals surface area contributed by atoms with E-state index in [4.69, 9.17) is 21.1 Å². The fourth-order valence-corrected chi connectivity index (χ4v) is 3.41. The number of halogens is 3. The van der Waals surface area contributed by atoms with Crippen LogP contribution >= 0.6 is 11.6 Å². The predicted octanol–water partition coefficient (Wildman–Crippen LogP) is 7.30. The van der Waals surface area contributed by atoms with E-state index in [0.29, 0.717) is 5.69 Å². The van der Waals surface area contributed by atoms with E-state index in [0.717, 1.165) is 17.2 Å². The third kappa shape index (κ3) is 5.53. The molecule has 0 aliphatic heterocycles. The van der Waals surface area contributed by atoms with Gasteiger partial charge in [-0.3, -0.25) is 0 Å². The third-order valence-corrected chi connectivity index (χ3v) is 5.31. The molecule has 7 heteroatoms. The zero-order chi connectivity index (χ0) is 23.9. The summed E-state index contributed by atoms with van der Waals surface area (Å²) in [7, 11) is 0. The monoisotopic (exact) mass is 479 g/mol.